The molecule has 1 saturated heterocycles. The van der Waals surface area contributed by atoms with Crippen molar-refractivity contribution in [2.45, 2.75) is 52.9 Å². The van der Waals surface area contributed by atoms with Gasteiger partial charge in [-0.25, -0.2) is 0 Å². The lowest BCUT2D eigenvalue weighted by molar-refractivity contribution is -0.143. The molecular weight excluding hydrogens is 236 g/mol. The first-order chi connectivity index (χ1) is 8.98. The van der Waals surface area contributed by atoms with Gasteiger partial charge >= 0.3 is 0 Å². The Morgan fingerprint density at radius 1 is 1.32 bits per heavy atom. The fourth-order valence-electron chi connectivity index (χ4n) is 3.67. The number of rotatable bonds is 3. The van der Waals surface area contributed by atoms with Gasteiger partial charge in [0.2, 0.25) is 5.91 Å². The molecule has 1 heterocycles. The first-order valence-corrected chi connectivity index (χ1v) is 7.98. The van der Waals surface area contributed by atoms with E-state index in [0.717, 1.165) is 44.7 Å². The second kappa shape index (κ2) is 5.82. The van der Waals surface area contributed by atoms with Crippen molar-refractivity contribution in [3.8, 4) is 0 Å². The number of nitrogens with two attached hydrogens (primary N) is 1. The molecule has 1 amide bonds. The molecule has 0 aromatic carbocycles. The van der Waals surface area contributed by atoms with Gasteiger partial charge in [0.15, 0.2) is 0 Å². The Morgan fingerprint density at radius 2 is 1.95 bits per heavy atom. The predicted octanol–water partition coefficient (Wildman–Crippen LogP) is 2.65. The van der Waals surface area contributed by atoms with Crippen LogP contribution in [0.4, 0.5) is 0 Å². The SMILES string of the molecule is CC1CCC(CN)(C(=O)N2CCC(C(C)C)C2)CC1. The maximum Gasteiger partial charge on any atom is 0.230 e. The minimum absolute atomic E-state index is 0.238. The fraction of sp³-hybridized carbons (Fsp3) is 0.938. The lowest BCUT2D eigenvalue weighted by Gasteiger charge is -2.39. The van der Waals surface area contributed by atoms with Crippen molar-refractivity contribution in [1.29, 1.82) is 0 Å². The summed E-state index contributed by atoms with van der Waals surface area (Å²) in [5.41, 5.74) is 5.76. The van der Waals surface area contributed by atoms with E-state index >= 15 is 0 Å². The Labute approximate surface area is 117 Å². The Hall–Kier alpha value is -0.570. The van der Waals surface area contributed by atoms with Crippen molar-refractivity contribution < 1.29 is 4.79 Å². The van der Waals surface area contributed by atoms with Crippen LogP contribution in [0, 0.1) is 23.2 Å². The lowest BCUT2D eigenvalue weighted by atomic mass is 9.70. The molecule has 1 aliphatic heterocycles. The third-order valence-corrected chi connectivity index (χ3v) is 5.53. The number of carbonyl (C=O) groups excluding carboxylic acids is 1. The van der Waals surface area contributed by atoms with Crippen molar-refractivity contribution in [2.24, 2.45) is 28.9 Å². The summed E-state index contributed by atoms with van der Waals surface area (Å²) in [7, 11) is 0. The average molecular weight is 266 g/mol. The number of amides is 1. The molecule has 2 fully saturated rings. The molecule has 19 heavy (non-hydrogen) atoms. The fourth-order valence-corrected chi connectivity index (χ4v) is 3.67. The van der Waals surface area contributed by atoms with E-state index in [1.807, 2.05) is 0 Å². The van der Waals surface area contributed by atoms with Gasteiger partial charge in [-0.1, -0.05) is 20.8 Å². The van der Waals surface area contributed by atoms with E-state index in [-0.39, 0.29) is 5.41 Å². The van der Waals surface area contributed by atoms with Crippen LogP contribution >= 0.6 is 0 Å². The van der Waals surface area contributed by atoms with Crippen molar-refractivity contribution in [3.05, 3.63) is 0 Å². The third-order valence-electron chi connectivity index (χ3n) is 5.53. The molecule has 0 radical (unpaired) electrons. The molecule has 0 bridgehead atoms. The molecule has 1 unspecified atom stereocenters. The second-order valence-corrected chi connectivity index (χ2v) is 7.21. The molecule has 0 aromatic rings. The van der Waals surface area contributed by atoms with Gasteiger partial charge in [-0.15, -0.1) is 0 Å². The summed E-state index contributed by atoms with van der Waals surface area (Å²) >= 11 is 0. The van der Waals surface area contributed by atoms with Crippen LogP contribution < -0.4 is 5.73 Å². The first-order valence-electron chi connectivity index (χ1n) is 7.98. The van der Waals surface area contributed by atoms with E-state index in [9.17, 15) is 4.79 Å². The highest BCUT2D eigenvalue weighted by molar-refractivity contribution is 5.83. The summed E-state index contributed by atoms with van der Waals surface area (Å²) in [6.07, 6.45) is 5.47. The van der Waals surface area contributed by atoms with Gasteiger partial charge in [-0.05, 0) is 49.9 Å². The number of nitrogens with zero attached hydrogens (tertiary/aromatic N) is 1. The Morgan fingerprint density at radius 3 is 2.42 bits per heavy atom. The van der Waals surface area contributed by atoms with Crippen LogP contribution in [0.25, 0.3) is 0 Å². The maximum atomic E-state index is 12.9. The summed E-state index contributed by atoms with van der Waals surface area (Å²) < 4.78 is 0. The van der Waals surface area contributed by atoms with Crippen LogP contribution in [0.1, 0.15) is 52.9 Å². The quantitative estimate of drug-likeness (QED) is 0.853. The van der Waals surface area contributed by atoms with Crippen molar-refractivity contribution in [1.82, 2.24) is 4.90 Å². The van der Waals surface area contributed by atoms with Gasteiger partial charge in [0.1, 0.15) is 0 Å². The smallest absolute Gasteiger partial charge is 0.230 e. The number of hydrogen-bond acceptors (Lipinski definition) is 2. The topological polar surface area (TPSA) is 46.3 Å². The van der Waals surface area contributed by atoms with Crippen LogP contribution in [0.2, 0.25) is 0 Å². The summed E-state index contributed by atoms with van der Waals surface area (Å²) in [6.45, 7) is 9.24. The summed E-state index contributed by atoms with van der Waals surface area (Å²) in [5, 5.41) is 0. The molecule has 2 aliphatic rings. The Bertz CT molecular complexity index is 319. The largest absolute Gasteiger partial charge is 0.342 e. The Kier molecular flexibility index (Phi) is 4.54. The third kappa shape index (κ3) is 2.96. The molecule has 2 rings (SSSR count). The van der Waals surface area contributed by atoms with E-state index in [0.29, 0.717) is 24.3 Å². The number of carbonyl (C=O) groups is 1. The summed E-state index contributed by atoms with van der Waals surface area (Å²) in [5.74, 6) is 2.47. The zero-order valence-corrected chi connectivity index (χ0v) is 12.8. The molecule has 110 valence electrons. The first kappa shape index (κ1) is 14.8. The van der Waals surface area contributed by atoms with E-state index in [4.69, 9.17) is 5.73 Å². The molecule has 1 atom stereocenters. The van der Waals surface area contributed by atoms with Crippen LogP contribution in [0.15, 0.2) is 0 Å². The molecule has 0 spiro atoms. The number of likely N-dealkylation sites (tertiary alicyclic amines) is 1. The molecule has 1 saturated carbocycles. The monoisotopic (exact) mass is 266 g/mol. The summed E-state index contributed by atoms with van der Waals surface area (Å²) in [4.78, 5) is 15.0. The van der Waals surface area contributed by atoms with Crippen LogP contribution in [-0.2, 0) is 4.79 Å². The molecule has 1 aliphatic carbocycles. The van der Waals surface area contributed by atoms with Gasteiger partial charge in [0.05, 0.1) is 5.41 Å². The number of hydrogen-bond donors (Lipinski definition) is 1. The lowest BCUT2D eigenvalue weighted by Crippen LogP contribution is -2.49. The van der Waals surface area contributed by atoms with Gasteiger partial charge in [0, 0.05) is 19.6 Å². The maximum absolute atomic E-state index is 12.9. The van der Waals surface area contributed by atoms with E-state index in [2.05, 4.69) is 25.7 Å². The molecule has 0 aromatic heterocycles. The van der Waals surface area contributed by atoms with Gasteiger partial charge < -0.3 is 10.6 Å². The van der Waals surface area contributed by atoms with Gasteiger partial charge in [0.25, 0.3) is 0 Å². The minimum Gasteiger partial charge on any atom is -0.342 e. The van der Waals surface area contributed by atoms with Gasteiger partial charge in [-0.3, -0.25) is 4.79 Å². The Balaban J connectivity index is 2.02. The standard InChI is InChI=1S/C16H30N2O/c1-12(2)14-6-9-18(10-14)15(19)16(11-17)7-4-13(3)5-8-16/h12-14H,4-11,17H2,1-3H3. The van der Waals surface area contributed by atoms with Crippen molar-refractivity contribution in [3.63, 3.8) is 0 Å². The highest BCUT2D eigenvalue weighted by Gasteiger charge is 2.43. The van der Waals surface area contributed by atoms with Gasteiger partial charge in [-0.2, -0.15) is 0 Å². The van der Waals surface area contributed by atoms with Crippen LogP contribution in [0.3, 0.4) is 0 Å². The molecule has 3 nitrogen and oxygen atoms in total. The summed E-state index contributed by atoms with van der Waals surface area (Å²) in [6, 6.07) is 0. The van der Waals surface area contributed by atoms with Crippen LogP contribution in [0.5, 0.6) is 0 Å². The molecule has 2 N–H and O–H groups in total. The highest BCUT2D eigenvalue weighted by atomic mass is 16.2. The average Bonchev–Trinajstić information content (AvgIpc) is 2.89. The zero-order chi connectivity index (χ0) is 14.0. The molecular formula is C16H30N2O. The second-order valence-electron chi connectivity index (χ2n) is 7.21. The van der Waals surface area contributed by atoms with E-state index < -0.39 is 0 Å². The minimum atomic E-state index is -0.238. The normalized spacial score (nSPS) is 35.9. The molecule has 3 heteroatoms. The highest BCUT2D eigenvalue weighted by Crippen LogP contribution is 2.40. The van der Waals surface area contributed by atoms with Crippen molar-refractivity contribution in [2.75, 3.05) is 19.6 Å². The predicted molar refractivity (Wildman–Crippen MR) is 78.6 cm³/mol. The van der Waals surface area contributed by atoms with E-state index in [1.54, 1.807) is 0 Å². The van der Waals surface area contributed by atoms with Crippen molar-refractivity contribution >= 4 is 5.91 Å². The van der Waals surface area contributed by atoms with E-state index in [1.165, 1.54) is 6.42 Å². The zero-order valence-electron chi connectivity index (χ0n) is 12.8. The van der Waals surface area contributed by atoms with Crippen LogP contribution in [-0.4, -0.2) is 30.4 Å².